The van der Waals surface area contributed by atoms with Crippen LogP contribution in [0.3, 0.4) is 0 Å². The second-order valence-corrected chi connectivity index (χ2v) is 8.01. The van der Waals surface area contributed by atoms with Crippen molar-refractivity contribution in [3.8, 4) is 11.5 Å². The Morgan fingerprint density at radius 3 is 2.03 bits per heavy atom. The Kier molecular flexibility index (Phi) is 7.49. The van der Waals surface area contributed by atoms with Gasteiger partial charge in [0.05, 0.1) is 27.0 Å². The normalized spacial score (nSPS) is 14.6. The monoisotopic (exact) mass is 450 g/mol. The number of nitrogens with zero attached hydrogens (tertiary/aromatic N) is 2. The zero-order chi connectivity index (χ0) is 23.0. The van der Waals surface area contributed by atoms with Crippen molar-refractivity contribution in [3.05, 3.63) is 72.2 Å². The van der Waals surface area contributed by atoms with Gasteiger partial charge in [0.25, 0.3) is 0 Å². The van der Waals surface area contributed by atoms with Crippen molar-refractivity contribution in [2.45, 2.75) is 13.1 Å². The minimum absolute atomic E-state index is 0.328. The number of benzene rings is 2. The molecule has 0 saturated carbocycles. The van der Waals surface area contributed by atoms with E-state index in [1.54, 1.807) is 38.7 Å². The summed E-state index contributed by atoms with van der Waals surface area (Å²) in [7, 11) is 3.14. The molecule has 1 fully saturated rings. The van der Waals surface area contributed by atoms with E-state index < -0.39 is 0 Å². The van der Waals surface area contributed by atoms with Crippen molar-refractivity contribution in [3.63, 3.8) is 0 Å². The third-order valence-corrected chi connectivity index (χ3v) is 5.65. The standard InChI is InChI=1S/C25H30N4O4/c1-31-23-14-21(15-24(16-23)32-2)27-25(30)26-20-7-5-19(6-8-20)17-28-9-11-29(12-10-28)18-22-4-3-13-33-22/h3-8,13-16H,9-12,17-18H2,1-2H3,(H2,26,27,30). The minimum atomic E-state index is -0.328. The lowest BCUT2D eigenvalue weighted by atomic mass is 10.1. The van der Waals surface area contributed by atoms with E-state index in [0.717, 1.165) is 50.7 Å². The maximum Gasteiger partial charge on any atom is 0.323 e. The maximum atomic E-state index is 12.4. The number of urea groups is 1. The van der Waals surface area contributed by atoms with Gasteiger partial charge in [-0.25, -0.2) is 4.79 Å². The molecular weight excluding hydrogens is 420 g/mol. The molecule has 1 aromatic heterocycles. The third-order valence-electron chi connectivity index (χ3n) is 5.65. The molecule has 4 rings (SSSR count). The molecule has 1 aliphatic rings. The van der Waals surface area contributed by atoms with Crippen LogP contribution in [0.15, 0.2) is 65.3 Å². The van der Waals surface area contributed by atoms with Gasteiger partial charge in [0.2, 0.25) is 0 Å². The van der Waals surface area contributed by atoms with Crippen LogP contribution in [-0.4, -0.2) is 56.2 Å². The number of piperazine rings is 1. The fourth-order valence-electron chi connectivity index (χ4n) is 3.85. The SMILES string of the molecule is COc1cc(NC(=O)Nc2ccc(CN3CCN(Cc4ccco4)CC3)cc2)cc(OC)c1. The molecule has 1 aliphatic heterocycles. The topological polar surface area (TPSA) is 79.2 Å². The van der Waals surface area contributed by atoms with E-state index in [-0.39, 0.29) is 6.03 Å². The highest BCUT2D eigenvalue weighted by molar-refractivity contribution is 6.00. The summed E-state index contributed by atoms with van der Waals surface area (Å²) in [6, 6.07) is 16.8. The number of carbonyl (C=O) groups excluding carboxylic acids is 1. The van der Waals surface area contributed by atoms with Gasteiger partial charge >= 0.3 is 6.03 Å². The number of anilines is 2. The second kappa shape index (κ2) is 10.9. The number of amides is 2. The fraction of sp³-hybridized carbons (Fsp3) is 0.320. The van der Waals surface area contributed by atoms with Gasteiger partial charge in [0.15, 0.2) is 0 Å². The molecule has 33 heavy (non-hydrogen) atoms. The Balaban J connectivity index is 1.24. The van der Waals surface area contributed by atoms with E-state index in [2.05, 4.69) is 32.6 Å². The Morgan fingerprint density at radius 2 is 1.45 bits per heavy atom. The summed E-state index contributed by atoms with van der Waals surface area (Å²) in [4.78, 5) is 17.3. The predicted molar refractivity (Wildman–Crippen MR) is 128 cm³/mol. The van der Waals surface area contributed by atoms with E-state index in [1.165, 1.54) is 5.56 Å². The molecule has 8 heteroatoms. The average Bonchev–Trinajstić information content (AvgIpc) is 3.34. The van der Waals surface area contributed by atoms with Crippen LogP contribution in [0, 0.1) is 0 Å². The quantitative estimate of drug-likeness (QED) is 0.534. The molecule has 0 spiro atoms. The van der Waals surface area contributed by atoms with Gasteiger partial charge in [-0.05, 0) is 29.8 Å². The van der Waals surface area contributed by atoms with Gasteiger partial charge in [-0.2, -0.15) is 0 Å². The number of methoxy groups -OCH3 is 2. The second-order valence-electron chi connectivity index (χ2n) is 8.01. The minimum Gasteiger partial charge on any atom is -0.497 e. The van der Waals surface area contributed by atoms with Crippen molar-refractivity contribution < 1.29 is 18.7 Å². The van der Waals surface area contributed by atoms with E-state index in [0.29, 0.717) is 17.2 Å². The van der Waals surface area contributed by atoms with Gasteiger partial charge < -0.3 is 24.5 Å². The summed E-state index contributed by atoms with van der Waals surface area (Å²) in [6.07, 6.45) is 1.73. The van der Waals surface area contributed by atoms with Crippen LogP contribution in [0.4, 0.5) is 16.2 Å². The first-order valence-electron chi connectivity index (χ1n) is 11.0. The number of furan rings is 1. The van der Waals surface area contributed by atoms with Crippen molar-refractivity contribution in [1.82, 2.24) is 9.80 Å². The first-order chi connectivity index (χ1) is 16.1. The van der Waals surface area contributed by atoms with Crippen molar-refractivity contribution in [1.29, 1.82) is 0 Å². The number of hydrogen-bond donors (Lipinski definition) is 2. The number of ether oxygens (including phenoxy) is 2. The van der Waals surface area contributed by atoms with Crippen LogP contribution in [0.1, 0.15) is 11.3 Å². The lowest BCUT2D eigenvalue weighted by molar-refractivity contribution is 0.116. The third kappa shape index (κ3) is 6.50. The highest BCUT2D eigenvalue weighted by Gasteiger charge is 2.18. The van der Waals surface area contributed by atoms with Gasteiger partial charge in [0.1, 0.15) is 17.3 Å². The Labute approximate surface area is 194 Å². The Hall–Kier alpha value is -3.49. The molecule has 2 aromatic carbocycles. The number of hydrogen-bond acceptors (Lipinski definition) is 6. The molecule has 0 aliphatic carbocycles. The summed E-state index contributed by atoms with van der Waals surface area (Å²) in [5.41, 5.74) is 2.54. The Bertz CT molecular complexity index is 1010. The molecule has 0 atom stereocenters. The molecule has 8 nitrogen and oxygen atoms in total. The van der Waals surface area contributed by atoms with Crippen LogP contribution in [0.5, 0.6) is 11.5 Å². The Morgan fingerprint density at radius 1 is 0.848 bits per heavy atom. The molecule has 0 bridgehead atoms. The number of nitrogens with one attached hydrogen (secondary N) is 2. The zero-order valence-corrected chi connectivity index (χ0v) is 19.0. The highest BCUT2D eigenvalue weighted by atomic mass is 16.5. The summed E-state index contributed by atoms with van der Waals surface area (Å²) in [5, 5.41) is 5.67. The van der Waals surface area contributed by atoms with Gasteiger partial charge in [-0.15, -0.1) is 0 Å². The van der Waals surface area contributed by atoms with Crippen LogP contribution in [-0.2, 0) is 13.1 Å². The molecule has 2 amide bonds. The molecular formula is C25H30N4O4. The van der Waals surface area contributed by atoms with E-state index in [9.17, 15) is 4.79 Å². The lowest BCUT2D eigenvalue weighted by Crippen LogP contribution is -2.45. The summed E-state index contributed by atoms with van der Waals surface area (Å²) < 4.78 is 15.9. The van der Waals surface area contributed by atoms with E-state index in [4.69, 9.17) is 13.9 Å². The summed E-state index contributed by atoms with van der Waals surface area (Å²) >= 11 is 0. The lowest BCUT2D eigenvalue weighted by Gasteiger charge is -2.34. The molecule has 1 saturated heterocycles. The molecule has 2 heterocycles. The van der Waals surface area contributed by atoms with Crippen LogP contribution in [0.2, 0.25) is 0 Å². The van der Waals surface area contributed by atoms with E-state index >= 15 is 0 Å². The fourth-order valence-corrected chi connectivity index (χ4v) is 3.85. The first kappa shape index (κ1) is 22.7. The van der Waals surface area contributed by atoms with Gasteiger partial charge in [0, 0.05) is 62.3 Å². The number of carbonyl (C=O) groups is 1. The van der Waals surface area contributed by atoms with Crippen molar-refractivity contribution in [2.75, 3.05) is 51.0 Å². The van der Waals surface area contributed by atoms with Crippen LogP contribution >= 0.6 is 0 Å². The van der Waals surface area contributed by atoms with Gasteiger partial charge in [-0.3, -0.25) is 9.80 Å². The molecule has 174 valence electrons. The average molecular weight is 451 g/mol. The van der Waals surface area contributed by atoms with Crippen LogP contribution in [0.25, 0.3) is 0 Å². The first-order valence-corrected chi connectivity index (χ1v) is 11.0. The van der Waals surface area contributed by atoms with Gasteiger partial charge in [-0.1, -0.05) is 12.1 Å². The highest BCUT2D eigenvalue weighted by Crippen LogP contribution is 2.26. The predicted octanol–water partition coefficient (Wildman–Crippen LogP) is 4.26. The summed E-state index contributed by atoms with van der Waals surface area (Å²) in [6.45, 7) is 5.85. The van der Waals surface area contributed by atoms with Crippen molar-refractivity contribution >= 4 is 17.4 Å². The van der Waals surface area contributed by atoms with Crippen LogP contribution < -0.4 is 20.1 Å². The zero-order valence-electron chi connectivity index (χ0n) is 19.0. The molecule has 0 unspecified atom stereocenters. The summed E-state index contributed by atoms with van der Waals surface area (Å²) in [5.74, 6) is 2.23. The van der Waals surface area contributed by atoms with E-state index in [1.807, 2.05) is 24.3 Å². The largest absolute Gasteiger partial charge is 0.497 e. The molecule has 0 radical (unpaired) electrons. The molecule has 3 aromatic rings. The van der Waals surface area contributed by atoms with Crippen molar-refractivity contribution in [2.24, 2.45) is 0 Å². The smallest absolute Gasteiger partial charge is 0.323 e. The number of rotatable bonds is 8. The maximum absolute atomic E-state index is 12.4. The molecule has 2 N–H and O–H groups in total.